The molecule has 0 aliphatic carbocycles. The number of ether oxygens (including phenoxy) is 1. The van der Waals surface area contributed by atoms with Crippen LogP contribution in [0.25, 0.3) is 11.3 Å². The molecule has 0 saturated carbocycles. The quantitative estimate of drug-likeness (QED) is 0.798. The SMILES string of the molecule is COc1ccc(-c2cc(C(=O)Nc3ccc(C)cc3)n(C)n2)cc1. The van der Waals surface area contributed by atoms with Crippen molar-refractivity contribution in [1.29, 1.82) is 0 Å². The van der Waals surface area contributed by atoms with E-state index in [0.29, 0.717) is 5.69 Å². The predicted octanol–water partition coefficient (Wildman–Crippen LogP) is 3.66. The van der Waals surface area contributed by atoms with Crippen LogP contribution in [0.15, 0.2) is 54.6 Å². The number of anilines is 1. The van der Waals surface area contributed by atoms with Crippen molar-refractivity contribution in [3.8, 4) is 17.0 Å². The molecule has 0 unspecified atom stereocenters. The van der Waals surface area contributed by atoms with Gasteiger partial charge in [0.1, 0.15) is 11.4 Å². The zero-order valence-corrected chi connectivity index (χ0v) is 13.9. The van der Waals surface area contributed by atoms with Crippen molar-refractivity contribution >= 4 is 11.6 Å². The van der Waals surface area contributed by atoms with Crippen LogP contribution >= 0.6 is 0 Å². The molecular formula is C19H19N3O2. The van der Waals surface area contributed by atoms with Crippen molar-refractivity contribution in [3.63, 3.8) is 0 Å². The van der Waals surface area contributed by atoms with E-state index in [2.05, 4.69) is 10.4 Å². The Balaban J connectivity index is 1.82. The topological polar surface area (TPSA) is 56.1 Å². The number of aryl methyl sites for hydroxylation is 2. The third-order valence-electron chi connectivity index (χ3n) is 3.81. The van der Waals surface area contributed by atoms with Gasteiger partial charge >= 0.3 is 0 Å². The smallest absolute Gasteiger partial charge is 0.273 e. The molecule has 0 fully saturated rings. The Hall–Kier alpha value is -3.08. The van der Waals surface area contributed by atoms with Crippen LogP contribution in [0.3, 0.4) is 0 Å². The van der Waals surface area contributed by atoms with Crippen LogP contribution in [0.5, 0.6) is 5.75 Å². The Morgan fingerprint density at radius 3 is 2.38 bits per heavy atom. The van der Waals surface area contributed by atoms with Crippen molar-refractivity contribution in [2.45, 2.75) is 6.92 Å². The van der Waals surface area contributed by atoms with Crippen molar-refractivity contribution in [1.82, 2.24) is 9.78 Å². The summed E-state index contributed by atoms with van der Waals surface area (Å²) in [4.78, 5) is 12.5. The molecule has 122 valence electrons. The van der Waals surface area contributed by atoms with E-state index < -0.39 is 0 Å². The number of amides is 1. The van der Waals surface area contributed by atoms with E-state index >= 15 is 0 Å². The van der Waals surface area contributed by atoms with Crippen LogP contribution in [0.2, 0.25) is 0 Å². The minimum atomic E-state index is -0.186. The van der Waals surface area contributed by atoms with Crippen molar-refractivity contribution < 1.29 is 9.53 Å². The van der Waals surface area contributed by atoms with E-state index in [1.807, 2.05) is 55.5 Å². The monoisotopic (exact) mass is 321 g/mol. The summed E-state index contributed by atoms with van der Waals surface area (Å²) in [5.74, 6) is 0.598. The number of carbonyl (C=O) groups is 1. The van der Waals surface area contributed by atoms with Gasteiger partial charge in [-0.3, -0.25) is 9.48 Å². The predicted molar refractivity (Wildman–Crippen MR) is 94.3 cm³/mol. The van der Waals surface area contributed by atoms with Gasteiger partial charge in [0.2, 0.25) is 0 Å². The van der Waals surface area contributed by atoms with Crippen LogP contribution in [0.1, 0.15) is 16.1 Å². The number of benzene rings is 2. The lowest BCUT2D eigenvalue weighted by Crippen LogP contribution is -2.15. The molecule has 0 aliphatic rings. The minimum Gasteiger partial charge on any atom is -0.497 e. The number of carbonyl (C=O) groups excluding carboxylic acids is 1. The second-order valence-electron chi connectivity index (χ2n) is 5.59. The Kier molecular flexibility index (Phi) is 4.33. The maximum absolute atomic E-state index is 12.5. The lowest BCUT2D eigenvalue weighted by atomic mass is 10.1. The summed E-state index contributed by atoms with van der Waals surface area (Å²) in [5.41, 5.74) is 4.09. The minimum absolute atomic E-state index is 0.186. The average molecular weight is 321 g/mol. The number of nitrogens with one attached hydrogen (secondary N) is 1. The lowest BCUT2D eigenvalue weighted by Gasteiger charge is -2.05. The zero-order valence-electron chi connectivity index (χ0n) is 13.9. The Labute approximate surface area is 140 Å². The largest absolute Gasteiger partial charge is 0.497 e. The summed E-state index contributed by atoms with van der Waals surface area (Å²) in [7, 11) is 3.39. The first-order chi connectivity index (χ1) is 11.6. The molecule has 3 aromatic rings. The fourth-order valence-corrected chi connectivity index (χ4v) is 2.41. The molecule has 1 amide bonds. The molecule has 2 aromatic carbocycles. The molecule has 0 atom stereocenters. The van der Waals surface area contributed by atoms with E-state index in [1.54, 1.807) is 24.9 Å². The molecule has 0 saturated heterocycles. The van der Waals surface area contributed by atoms with Gasteiger partial charge in [-0.2, -0.15) is 5.10 Å². The molecule has 0 spiro atoms. The molecule has 0 radical (unpaired) electrons. The molecule has 3 rings (SSSR count). The molecule has 5 nitrogen and oxygen atoms in total. The highest BCUT2D eigenvalue weighted by Crippen LogP contribution is 2.22. The molecule has 1 heterocycles. The first-order valence-electron chi connectivity index (χ1n) is 7.63. The number of hydrogen-bond donors (Lipinski definition) is 1. The van der Waals surface area contributed by atoms with Crippen LogP contribution in [0, 0.1) is 6.92 Å². The van der Waals surface area contributed by atoms with Crippen molar-refractivity contribution in [2.75, 3.05) is 12.4 Å². The fourth-order valence-electron chi connectivity index (χ4n) is 2.41. The maximum Gasteiger partial charge on any atom is 0.273 e. The van der Waals surface area contributed by atoms with Gasteiger partial charge in [0, 0.05) is 18.3 Å². The third-order valence-corrected chi connectivity index (χ3v) is 3.81. The van der Waals surface area contributed by atoms with Crippen LogP contribution < -0.4 is 10.1 Å². The Morgan fingerprint density at radius 1 is 1.08 bits per heavy atom. The summed E-state index contributed by atoms with van der Waals surface area (Å²) in [6.45, 7) is 2.01. The van der Waals surface area contributed by atoms with Gasteiger partial charge in [-0.05, 0) is 49.4 Å². The summed E-state index contributed by atoms with van der Waals surface area (Å²) in [5, 5.41) is 7.32. The van der Waals surface area contributed by atoms with E-state index in [9.17, 15) is 4.79 Å². The molecule has 0 bridgehead atoms. The first-order valence-corrected chi connectivity index (χ1v) is 7.63. The number of hydrogen-bond acceptors (Lipinski definition) is 3. The molecule has 1 aromatic heterocycles. The molecule has 0 aliphatic heterocycles. The molecular weight excluding hydrogens is 302 g/mol. The highest BCUT2D eigenvalue weighted by molar-refractivity contribution is 6.03. The fraction of sp³-hybridized carbons (Fsp3) is 0.158. The summed E-state index contributed by atoms with van der Waals surface area (Å²) in [6, 6.07) is 17.0. The van der Waals surface area contributed by atoms with Crippen molar-refractivity contribution in [3.05, 3.63) is 65.9 Å². The van der Waals surface area contributed by atoms with Gasteiger partial charge in [0.25, 0.3) is 5.91 Å². The van der Waals surface area contributed by atoms with Gasteiger partial charge in [0.05, 0.1) is 12.8 Å². The standard InChI is InChI=1S/C19H19N3O2/c1-13-4-8-15(9-5-13)20-19(23)18-12-17(21-22(18)2)14-6-10-16(24-3)11-7-14/h4-12H,1-3H3,(H,20,23). The van der Waals surface area contributed by atoms with E-state index in [4.69, 9.17) is 4.74 Å². The van der Waals surface area contributed by atoms with E-state index in [0.717, 1.165) is 28.3 Å². The summed E-state index contributed by atoms with van der Waals surface area (Å²) in [6.07, 6.45) is 0. The van der Waals surface area contributed by atoms with Gasteiger partial charge in [-0.1, -0.05) is 17.7 Å². The Morgan fingerprint density at radius 2 is 1.75 bits per heavy atom. The van der Waals surface area contributed by atoms with Gasteiger partial charge < -0.3 is 10.1 Å². The molecule has 24 heavy (non-hydrogen) atoms. The van der Waals surface area contributed by atoms with Crippen LogP contribution in [-0.2, 0) is 7.05 Å². The zero-order chi connectivity index (χ0) is 17.1. The number of rotatable bonds is 4. The first kappa shape index (κ1) is 15.8. The second kappa shape index (κ2) is 6.58. The average Bonchev–Trinajstić information content (AvgIpc) is 2.99. The molecule has 5 heteroatoms. The second-order valence-corrected chi connectivity index (χ2v) is 5.59. The third kappa shape index (κ3) is 3.30. The Bertz CT molecular complexity index is 849. The normalized spacial score (nSPS) is 10.5. The van der Waals surface area contributed by atoms with Crippen LogP contribution in [-0.4, -0.2) is 22.8 Å². The van der Waals surface area contributed by atoms with Crippen LogP contribution in [0.4, 0.5) is 5.69 Å². The molecule has 1 N–H and O–H groups in total. The number of methoxy groups -OCH3 is 1. The van der Waals surface area contributed by atoms with Gasteiger partial charge in [-0.25, -0.2) is 0 Å². The van der Waals surface area contributed by atoms with Gasteiger partial charge in [0.15, 0.2) is 0 Å². The number of nitrogens with zero attached hydrogens (tertiary/aromatic N) is 2. The maximum atomic E-state index is 12.5. The number of aromatic nitrogens is 2. The highest BCUT2D eigenvalue weighted by Gasteiger charge is 2.14. The lowest BCUT2D eigenvalue weighted by molar-refractivity contribution is 0.101. The highest BCUT2D eigenvalue weighted by atomic mass is 16.5. The van der Waals surface area contributed by atoms with Gasteiger partial charge in [-0.15, -0.1) is 0 Å². The summed E-state index contributed by atoms with van der Waals surface area (Å²) < 4.78 is 6.74. The van der Waals surface area contributed by atoms with Crippen molar-refractivity contribution in [2.24, 2.45) is 7.05 Å². The van der Waals surface area contributed by atoms with E-state index in [1.165, 1.54) is 0 Å². The summed E-state index contributed by atoms with van der Waals surface area (Å²) >= 11 is 0. The van der Waals surface area contributed by atoms with E-state index in [-0.39, 0.29) is 5.91 Å².